The van der Waals surface area contributed by atoms with Crippen LogP contribution in [0.15, 0.2) is 42.5 Å². The molecule has 0 fully saturated rings. The lowest BCUT2D eigenvalue weighted by atomic mass is 10.0. The Morgan fingerprint density at radius 3 is 2.00 bits per heavy atom. The lowest BCUT2D eigenvalue weighted by molar-refractivity contribution is -0.120. The molecule has 1 heterocycles. The van der Waals surface area contributed by atoms with E-state index >= 15 is 0 Å². The summed E-state index contributed by atoms with van der Waals surface area (Å²) in [5, 5.41) is 3.07. The van der Waals surface area contributed by atoms with Gasteiger partial charge in [-0.25, -0.2) is 4.98 Å². The quantitative estimate of drug-likeness (QED) is 0.0977. The molecule has 1 N–H and O–H groups in total. The molecule has 1 amide bonds. The van der Waals surface area contributed by atoms with Gasteiger partial charge in [-0.3, -0.25) is 4.79 Å². The monoisotopic (exact) mass is 605 g/mol. The fourth-order valence-corrected chi connectivity index (χ4v) is 6.08. The molecule has 3 rings (SSSR count). The third-order valence-corrected chi connectivity index (χ3v) is 8.68. The first-order valence-corrected chi connectivity index (χ1v) is 17.6. The number of hydrogen-bond acceptors (Lipinski definition) is 4. The highest BCUT2D eigenvalue weighted by molar-refractivity contribution is 5.78. The molecule has 3 aromatic rings. The van der Waals surface area contributed by atoms with Crippen molar-refractivity contribution in [2.24, 2.45) is 0 Å². The summed E-state index contributed by atoms with van der Waals surface area (Å²) in [6.45, 7) is 4.04. The standard InChI is InChI=1S/C38H59N3O3/c1-4-5-6-7-8-9-10-11-12-13-14-15-16-22-29-41-34-24-20-19-23-33(34)40-37(41)25-18-17-21-28-39-38(42)31-32-26-27-35(43-2)36(30-32)44-3/h19-20,23-24,26-27,30H,4-18,21-22,25,28-29,31H2,1-3H3,(H,39,42). The minimum absolute atomic E-state index is 0.0344. The lowest BCUT2D eigenvalue weighted by Gasteiger charge is -2.10. The molecule has 0 spiro atoms. The summed E-state index contributed by atoms with van der Waals surface area (Å²) in [6.07, 6.45) is 23.8. The summed E-state index contributed by atoms with van der Waals surface area (Å²) < 4.78 is 13.1. The number of methoxy groups -OCH3 is 2. The Balaban J connectivity index is 1.29. The summed E-state index contributed by atoms with van der Waals surface area (Å²) in [7, 11) is 3.22. The predicted molar refractivity (Wildman–Crippen MR) is 184 cm³/mol. The van der Waals surface area contributed by atoms with Crippen molar-refractivity contribution in [1.82, 2.24) is 14.9 Å². The topological polar surface area (TPSA) is 65.4 Å². The fourth-order valence-electron chi connectivity index (χ4n) is 6.08. The number of rotatable bonds is 25. The van der Waals surface area contributed by atoms with Crippen LogP contribution in [-0.2, 0) is 24.2 Å². The van der Waals surface area contributed by atoms with Gasteiger partial charge in [0.2, 0.25) is 5.91 Å². The van der Waals surface area contributed by atoms with Crippen molar-refractivity contribution >= 4 is 16.9 Å². The van der Waals surface area contributed by atoms with Gasteiger partial charge in [-0.1, -0.05) is 115 Å². The Morgan fingerprint density at radius 2 is 1.34 bits per heavy atom. The van der Waals surface area contributed by atoms with Gasteiger partial charge in [0.15, 0.2) is 11.5 Å². The number of aryl methyl sites for hydroxylation is 2. The van der Waals surface area contributed by atoms with E-state index in [1.54, 1.807) is 14.2 Å². The summed E-state index contributed by atoms with van der Waals surface area (Å²) >= 11 is 0. The molecule has 0 saturated carbocycles. The molecule has 44 heavy (non-hydrogen) atoms. The third kappa shape index (κ3) is 12.9. The van der Waals surface area contributed by atoms with Gasteiger partial charge in [-0.2, -0.15) is 0 Å². The second-order valence-electron chi connectivity index (χ2n) is 12.3. The molecule has 0 unspecified atom stereocenters. The molecule has 6 heteroatoms. The van der Waals surface area contributed by atoms with Gasteiger partial charge in [0.05, 0.1) is 31.7 Å². The maximum Gasteiger partial charge on any atom is 0.224 e. The van der Waals surface area contributed by atoms with E-state index in [0.29, 0.717) is 24.5 Å². The van der Waals surface area contributed by atoms with E-state index in [9.17, 15) is 4.79 Å². The van der Waals surface area contributed by atoms with Crippen LogP contribution in [0.4, 0.5) is 0 Å². The van der Waals surface area contributed by atoms with Crippen molar-refractivity contribution in [3.05, 3.63) is 53.9 Å². The largest absolute Gasteiger partial charge is 0.493 e. The van der Waals surface area contributed by atoms with Crippen LogP contribution < -0.4 is 14.8 Å². The second kappa shape index (κ2) is 21.6. The zero-order chi connectivity index (χ0) is 31.2. The molecular weight excluding hydrogens is 546 g/mol. The number of imidazole rings is 1. The fraction of sp³-hybridized carbons (Fsp3) is 0.632. The number of amides is 1. The van der Waals surface area contributed by atoms with E-state index in [4.69, 9.17) is 14.5 Å². The maximum atomic E-state index is 12.4. The molecule has 0 radical (unpaired) electrons. The van der Waals surface area contributed by atoms with Crippen LogP contribution in [0, 0.1) is 0 Å². The Morgan fingerprint density at radius 1 is 0.727 bits per heavy atom. The Bertz CT molecular complexity index is 1210. The number of nitrogens with zero attached hydrogens (tertiary/aromatic N) is 2. The average molecular weight is 606 g/mol. The van der Waals surface area contributed by atoms with Crippen molar-refractivity contribution in [3.63, 3.8) is 0 Å². The highest BCUT2D eigenvalue weighted by Crippen LogP contribution is 2.27. The molecule has 0 saturated heterocycles. The summed E-state index contributed by atoms with van der Waals surface area (Å²) in [5.41, 5.74) is 3.28. The van der Waals surface area contributed by atoms with Crippen molar-refractivity contribution in [2.75, 3.05) is 20.8 Å². The predicted octanol–water partition coefficient (Wildman–Crippen LogP) is 9.61. The van der Waals surface area contributed by atoms with Crippen LogP contribution in [0.25, 0.3) is 11.0 Å². The van der Waals surface area contributed by atoms with Crippen LogP contribution >= 0.6 is 0 Å². The van der Waals surface area contributed by atoms with Gasteiger partial charge in [0.25, 0.3) is 0 Å². The van der Waals surface area contributed by atoms with Gasteiger partial charge in [-0.05, 0) is 49.1 Å². The molecule has 0 aliphatic heterocycles. The molecule has 0 aliphatic rings. The van der Waals surface area contributed by atoms with E-state index in [1.165, 1.54) is 101 Å². The van der Waals surface area contributed by atoms with Crippen molar-refractivity contribution in [2.45, 2.75) is 135 Å². The number of carbonyl (C=O) groups is 1. The maximum absolute atomic E-state index is 12.4. The Hall–Kier alpha value is -3.02. The summed E-state index contributed by atoms with van der Waals surface area (Å²) in [6, 6.07) is 14.2. The zero-order valence-electron chi connectivity index (χ0n) is 28.0. The van der Waals surface area contributed by atoms with Gasteiger partial charge in [0.1, 0.15) is 5.82 Å². The first-order valence-electron chi connectivity index (χ1n) is 17.6. The normalized spacial score (nSPS) is 11.2. The average Bonchev–Trinajstić information content (AvgIpc) is 3.39. The number of unbranched alkanes of at least 4 members (excludes halogenated alkanes) is 15. The number of aromatic nitrogens is 2. The van der Waals surface area contributed by atoms with E-state index in [-0.39, 0.29) is 5.91 Å². The van der Waals surface area contributed by atoms with Crippen LogP contribution in [0.5, 0.6) is 11.5 Å². The van der Waals surface area contributed by atoms with E-state index in [0.717, 1.165) is 43.3 Å². The number of para-hydroxylation sites is 2. The highest BCUT2D eigenvalue weighted by atomic mass is 16.5. The van der Waals surface area contributed by atoms with Crippen molar-refractivity contribution in [3.8, 4) is 11.5 Å². The van der Waals surface area contributed by atoms with E-state index in [1.807, 2.05) is 18.2 Å². The molecule has 244 valence electrons. The molecule has 2 aromatic carbocycles. The van der Waals surface area contributed by atoms with Crippen molar-refractivity contribution in [1.29, 1.82) is 0 Å². The van der Waals surface area contributed by atoms with Crippen LogP contribution in [0.2, 0.25) is 0 Å². The minimum atomic E-state index is 0.0344. The first kappa shape index (κ1) is 35.5. The number of ether oxygens (including phenoxy) is 2. The number of carbonyl (C=O) groups excluding carboxylic acids is 1. The Kier molecular flexibility index (Phi) is 17.4. The van der Waals surface area contributed by atoms with Gasteiger partial charge < -0.3 is 19.4 Å². The van der Waals surface area contributed by atoms with E-state index < -0.39 is 0 Å². The van der Waals surface area contributed by atoms with Crippen LogP contribution in [-0.4, -0.2) is 36.2 Å². The second-order valence-corrected chi connectivity index (χ2v) is 12.3. The van der Waals surface area contributed by atoms with Crippen LogP contribution in [0.3, 0.4) is 0 Å². The molecule has 0 bridgehead atoms. The number of hydrogen-bond donors (Lipinski definition) is 1. The van der Waals surface area contributed by atoms with Crippen molar-refractivity contribution < 1.29 is 14.3 Å². The molecule has 0 atom stereocenters. The number of benzene rings is 2. The molecular formula is C38H59N3O3. The lowest BCUT2D eigenvalue weighted by Crippen LogP contribution is -2.26. The number of fused-ring (bicyclic) bond motifs is 1. The summed E-state index contributed by atoms with van der Waals surface area (Å²) in [4.78, 5) is 17.4. The van der Waals surface area contributed by atoms with Gasteiger partial charge >= 0.3 is 0 Å². The molecule has 6 nitrogen and oxygen atoms in total. The smallest absolute Gasteiger partial charge is 0.224 e. The first-order chi connectivity index (χ1) is 21.7. The van der Waals surface area contributed by atoms with Gasteiger partial charge in [-0.15, -0.1) is 0 Å². The zero-order valence-corrected chi connectivity index (χ0v) is 28.0. The van der Waals surface area contributed by atoms with Crippen LogP contribution in [0.1, 0.15) is 127 Å². The third-order valence-electron chi connectivity index (χ3n) is 8.68. The molecule has 0 aliphatic carbocycles. The van der Waals surface area contributed by atoms with Gasteiger partial charge in [0, 0.05) is 19.5 Å². The van der Waals surface area contributed by atoms with E-state index in [2.05, 4.69) is 41.1 Å². The summed E-state index contributed by atoms with van der Waals surface area (Å²) in [5.74, 6) is 2.56. The molecule has 1 aromatic heterocycles. The highest BCUT2D eigenvalue weighted by Gasteiger charge is 2.11. The number of nitrogens with one attached hydrogen (secondary N) is 1. The SMILES string of the molecule is CCCCCCCCCCCCCCCCn1c(CCCCCNC(=O)Cc2ccc(OC)c(OC)c2)nc2ccccc21. The minimum Gasteiger partial charge on any atom is -0.493 e. The Labute approximate surface area is 267 Å².